The first-order chi connectivity index (χ1) is 23.4. The number of hydrogen-bond donors (Lipinski definition) is 2. The number of hydrogen-bond acceptors (Lipinski definition) is 11. The maximum absolute atomic E-state index is 13.8. The van der Waals surface area contributed by atoms with Crippen LogP contribution in [0.5, 0.6) is 5.75 Å². The van der Waals surface area contributed by atoms with Crippen molar-refractivity contribution in [2.75, 3.05) is 19.0 Å². The quantitative estimate of drug-likeness (QED) is 0.180. The summed E-state index contributed by atoms with van der Waals surface area (Å²) in [7, 11) is 1.44. The van der Waals surface area contributed by atoms with Crippen LogP contribution in [-0.4, -0.2) is 66.2 Å². The number of nitrogens with zero attached hydrogens (tertiary/aromatic N) is 6. The zero-order valence-electron chi connectivity index (χ0n) is 27.1. The highest BCUT2D eigenvalue weighted by Crippen LogP contribution is 2.35. The number of methoxy groups -OCH3 is 1. The van der Waals surface area contributed by atoms with Crippen molar-refractivity contribution in [3.8, 4) is 22.6 Å². The predicted molar refractivity (Wildman–Crippen MR) is 180 cm³/mol. The maximum atomic E-state index is 13.8. The number of esters is 1. The average molecular weight is 688 g/mol. The SMILES string of the molecule is COc1cn(C(Cc2ccccc2)C(=O)OCC(O)c2ccc(NC(=O)OC(C)(C)C)nc2)c(=O)cc1-c1cc(Cl)ccc1-n1cnnn1. The molecule has 2 aromatic carbocycles. The third kappa shape index (κ3) is 8.86. The number of rotatable bonds is 11. The molecule has 0 aliphatic carbocycles. The molecule has 0 fully saturated rings. The van der Waals surface area contributed by atoms with Gasteiger partial charge in [-0.05, 0) is 61.0 Å². The van der Waals surface area contributed by atoms with Crippen LogP contribution < -0.4 is 15.6 Å². The molecular weight excluding hydrogens is 654 g/mol. The van der Waals surface area contributed by atoms with Gasteiger partial charge in [-0.15, -0.1) is 5.10 Å². The minimum Gasteiger partial charge on any atom is -0.495 e. The van der Waals surface area contributed by atoms with Gasteiger partial charge in [0.05, 0.1) is 19.0 Å². The summed E-state index contributed by atoms with van der Waals surface area (Å²) in [5.41, 5.74) is 1.37. The molecule has 2 unspecified atom stereocenters. The van der Waals surface area contributed by atoms with Gasteiger partial charge in [-0.1, -0.05) is 48.0 Å². The van der Waals surface area contributed by atoms with E-state index in [1.54, 1.807) is 39.0 Å². The highest BCUT2D eigenvalue weighted by atomic mass is 35.5. The summed E-state index contributed by atoms with van der Waals surface area (Å²) in [6.45, 7) is 4.79. The lowest BCUT2D eigenvalue weighted by Crippen LogP contribution is -2.33. The highest BCUT2D eigenvalue weighted by Gasteiger charge is 2.27. The Labute approximate surface area is 286 Å². The first-order valence-electron chi connectivity index (χ1n) is 15.1. The third-order valence-electron chi connectivity index (χ3n) is 7.17. The number of halogens is 1. The van der Waals surface area contributed by atoms with Crippen molar-refractivity contribution >= 4 is 29.5 Å². The average Bonchev–Trinajstić information content (AvgIpc) is 3.61. The lowest BCUT2D eigenvalue weighted by atomic mass is 10.0. The monoisotopic (exact) mass is 687 g/mol. The summed E-state index contributed by atoms with van der Waals surface area (Å²) in [6.07, 6.45) is 2.38. The van der Waals surface area contributed by atoms with Crippen LogP contribution in [0.4, 0.5) is 10.6 Å². The Kier molecular flexibility index (Phi) is 10.7. The molecule has 254 valence electrons. The lowest BCUT2D eigenvalue weighted by molar-refractivity contribution is -0.151. The van der Waals surface area contributed by atoms with E-state index in [-0.39, 0.29) is 18.0 Å². The van der Waals surface area contributed by atoms with E-state index in [2.05, 4.69) is 25.8 Å². The molecule has 5 rings (SSSR count). The Morgan fingerprint density at radius 3 is 2.47 bits per heavy atom. The summed E-state index contributed by atoms with van der Waals surface area (Å²) in [5, 5.41) is 25.1. The van der Waals surface area contributed by atoms with Crippen molar-refractivity contribution < 1.29 is 28.9 Å². The van der Waals surface area contributed by atoms with Crippen LogP contribution in [0.1, 0.15) is 44.0 Å². The molecule has 3 heterocycles. The van der Waals surface area contributed by atoms with Crippen molar-refractivity contribution in [2.24, 2.45) is 0 Å². The predicted octanol–water partition coefficient (Wildman–Crippen LogP) is 4.96. The summed E-state index contributed by atoms with van der Waals surface area (Å²) >= 11 is 6.34. The molecule has 0 bridgehead atoms. The normalized spacial score (nSPS) is 12.5. The van der Waals surface area contributed by atoms with Crippen LogP contribution in [0.2, 0.25) is 5.02 Å². The van der Waals surface area contributed by atoms with Crippen molar-refractivity contribution in [1.82, 2.24) is 29.8 Å². The minimum absolute atomic E-state index is 0.109. The number of aromatic nitrogens is 6. The van der Waals surface area contributed by atoms with Gasteiger partial charge in [0, 0.05) is 40.4 Å². The van der Waals surface area contributed by atoms with Crippen LogP contribution in [0.25, 0.3) is 16.8 Å². The number of ether oxygens (including phenoxy) is 3. The fourth-order valence-corrected chi connectivity index (χ4v) is 5.08. The van der Waals surface area contributed by atoms with E-state index in [4.69, 9.17) is 25.8 Å². The molecule has 0 aliphatic heterocycles. The van der Waals surface area contributed by atoms with Crippen molar-refractivity contribution in [2.45, 2.75) is 44.9 Å². The van der Waals surface area contributed by atoms with Crippen molar-refractivity contribution in [3.05, 3.63) is 112 Å². The number of amides is 1. The van der Waals surface area contributed by atoms with Crippen LogP contribution in [0, 0.1) is 0 Å². The Hall–Kier alpha value is -5.60. The Morgan fingerprint density at radius 1 is 1.04 bits per heavy atom. The van der Waals surface area contributed by atoms with E-state index in [0.717, 1.165) is 5.56 Å². The largest absolute Gasteiger partial charge is 0.495 e. The molecular formula is C34H34ClN7O7. The number of anilines is 1. The molecule has 5 aromatic rings. The molecule has 0 radical (unpaired) electrons. The van der Waals surface area contributed by atoms with Gasteiger partial charge in [0.2, 0.25) is 0 Å². The van der Waals surface area contributed by atoms with Gasteiger partial charge >= 0.3 is 12.1 Å². The van der Waals surface area contributed by atoms with Gasteiger partial charge in [0.25, 0.3) is 5.56 Å². The number of nitrogens with one attached hydrogen (secondary N) is 1. The van der Waals surface area contributed by atoms with E-state index in [1.807, 2.05) is 30.3 Å². The zero-order valence-corrected chi connectivity index (χ0v) is 27.9. The highest BCUT2D eigenvalue weighted by molar-refractivity contribution is 6.31. The second-order valence-corrected chi connectivity index (χ2v) is 12.3. The number of tetrazole rings is 1. The van der Waals surface area contributed by atoms with Crippen LogP contribution in [0.15, 0.2) is 90.2 Å². The van der Waals surface area contributed by atoms with Crippen molar-refractivity contribution in [3.63, 3.8) is 0 Å². The summed E-state index contributed by atoms with van der Waals surface area (Å²) in [4.78, 5) is 43.6. The number of aliphatic hydroxyl groups excluding tert-OH is 1. The van der Waals surface area contributed by atoms with Crippen LogP contribution in [-0.2, 0) is 20.7 Å². The van der Waals surface area contributed by atoms with Crippen LogP contribution >= 0.6 is 11.6 Å². The minimum atomic E-state index is -1.24. The van der Waals surface area contributed by atoms with E-state index in [0.29, 0.717) is 27.4 Å². The second kappa shape index (κ2) is 15.1. The molecule has 2 N–H and O–H groups in total. The number of carbonyl (C=O) groups is 2. The van der Waals surface area contributed by atoms with E-state index >= 15 is 0 Å². The smallest absolute Gasteiger partial charge is 0.413 e. The van der Waals surface area contributed by atoms with Gasteiger partial charge in [-0.2, -0.15) is 4.68 Å². The number of pyridine rings is 2. The first-order valence-corrected chi connectivity index (χ1v) is 15.5. The Bertz CT molecular complexity index is 1960. The van der Waals surface area contributed by atoms with Gasteiger partial charge in [0.1, 0.15) is 42.2 Å². The zero-order chi connectivity index (χ0) is 35.1. The number of aliphatic hydroxyl groups is 1. The van der Waals surface area contributed by atoms with Gasteiger partial charge in [-0.3, -0.25) is 14.7 Å². The number of benzene rings is 2. The summed E-state index contributed by atoms with van der Waals surface area (Å²) in [6, 6.07) is 17.4. The van der Waals surface area contributed by atoms with Crippen LogP contribution in [0.3, 0.4) is 0 Å². The molecule has 49 heavy (non-hydrogen) atoms. The van der Waals surface area contributed by atoms with E-state index < -0.39 is 42.0 Å². The van der Waals surface area contributed by atoms with Gasteiger partial charge in [-0.25, -0.2) is 14.6 Å². The second-order valence-electron chi connectivity index (χ2n) is 11.9. The van der Waals surface area contributed by atoms with Crippen molar-refractivity contribution in [1.29, 1.82) is 0 Å². The van der Waals surface area contributed by atoms with E-state index in [9.17, 15) is 19.5 Å². The Balaban J connectivity index is 1.39. The molecule has 15 heteroatoms. The molecule has 0 saturated heterocycles. The summed E-state index contributed by atoms with van der Waals surface area (Å²) in [5.74, 6) is -0.272. The fourth-order valence-electron chi connectivity index (χ4n) is 4.91. The molecule has 1 amide bonds. The first kappa shape index (κ1) is 34.7. The molecule has 14 nitrogen and oxygen atoms in total. The standard InChI is InChI=1S/C34H34ClN7O7/c1-34(2,3)49-33(46)38-30-13-10-22(17-36-30)28(43)19-48-32(45)27(14-21-8-6-5-7-9-21)41-18-29(47-4)25(16-31(41)44)24-15-23(35)11-12-26(24)42-20-37-39-40-42/h5-13,15-18,20,27-28,43H,14,19H2,1-4H3,(H,36,38,46). The maximum Gasteiger partial charge on any atom is 0.413 e. The molecule has 2 atom stereocenters. The molecule has 3 aromatic heterocycles. The lowest BCUT2D eigenvalue weighted by Gasteiger charge is -2.22. The van der Waals surface area contributed by atoms with E-state index in [1.165, 1.54) is 53.3 Å². The molecule has 0 saturated carbocycles. The molecule has 0 aliphatic rings. The van der Waals surface area contributed by atoms with Gasteiger partial charge < -0.3 is 19.3 Å². The fraction of sp³-hybridized carbons (Fsp3) is 0.265. The molecule has 0 spiro atoms. The van der Waals surface area contributed by atoms with Gasteiger partial charge in [0.15, 0.2) is 0 Å². The third-order valence-corrected chi connectivity index (χ3v) is 7.41. The summed E-state index contributed by atoms with van der Waals surface area (Å²) < 4.78 is 19.2. The topological polar surface area (TPSA) is 173 Å². The Morgan fingerprint density at radius 2 is 1.82 bits per heavy atom. The number of carbonyl (C=O) groups excluding carboxylic acids is 2.